The summed E-state index contributed by atoms with van der Waals surface area (Å²) in [5.41, 5.74) is 7.30. The summed E-state index contributed by atoms with van der Waals surface area (Å²) in [6.45, 7) is 19.7. The number of fused-ring (bicyclic) bond motifs is 4. The summed E-state index contributed by atoms with van der Waals surface area (Å²) in [5, 5.41) is 11.1. The van der Waals surface area contributed by atoms with Crippen LogP contribution >= 0.6 is 0 Å². The molecule has 12 rings (SSSR count). The van der Waals surface area contributed by atoms with Crippen molar-refractivity contribution >= 4 is 39.7 Å². The maximum Gasteiger partial charge on any atom is 0.410 e. The van der Waals surface area contributed by atoms with Crippen LogP contribution in [0.3, 0.4) is 0 Å². The zero-order chi connectivity index (χ0) is 63.4. The van der Waals surface area contributed by atoms with Crippen LogP contribution in [0.25, 0.3) is 21.8 Å². The first-order valence-electron chi connectivity index (χ1n) is 31.6. The molecular weight excluding hydrogens is 1150 g/mol. The van der Waals surface area contributed by atoms with E-state index in [2.05, 4.69) is 47.9 Å². The number of amides is 3. The van der Waals surface area contributed by atoms with E-state index in [4.69, 9.17) is 23.7 Å². The van der Waals surface area contributed by atoms with Crippen molar-refractivity contribution in [1.82, 2.24) is 49.8 Å². The molecule has 8 aromatic rings. The number of likely N-dealkylation sites (tertiary alicyclic amines) is 2. The standard InChI is InChI=1S/C38H45N5O6.C33H37N5O4/c1-26-7-9-30-31(36(45)40-24-28-6-5-13-39-23-28)22-35(44)42(32(30)20-26)17-16-41-14-11-29(12-15-41)43(37(46)49-38(2,3)4)25-27-8-10-33-34(21-27)48-19-18-47-33;1-23-4-6-27-28(33(40)36-22-25-3-2-10-34-20-25)19-32(39)38(29(27)17-23)14-13-37-11-8-26(9-12-37)35-21-24-5-7-30-31(18-24)42-16-15-41-30/h5-10,13,20-23,29H,11-12,14-19,24-25H2,1-4H3,(H,40,45);2-7,10,17-20,26,35H,8-9,11-16,21-22H2,1H3,(H,36,40). The predicted octanol–water partition coefficient (Wildman–Crippen LogP) is 8.97. The number of rotatable bonds is 18. The van der Waals surface area contributed by atoms with Gasteiger partial charge in [-0.05, 0) is 155 Å². The van der Waals surface area contributed by atoms with Gasteiger partial charge in [0.15, 0.2) is 23.0 Å². The Bertz CT molecular complexity index is 3990. The molecule has 0 spiro atoms. The summed E-state index contributed by atoms with van der Waals surface area (Å²) >= 11 is 0. The van der Waals surface area contributed by atoms with Crippen LogP contribution in [0.2, 0.25) is 0 Å². The molecule has 0 bridgehead atoms. The summed E-state index contributed by atoms with van der Waals surface area (Å²) < 4.78 is 32.2. The van der Waals surface area contributed by atoms with E-state index in [9.17, 15) is 24.0 Å². The second kappa shape index (κ2) is 29.2. The number of nitrogens with zero attached hydrogens (tertiary/aromatic N) is 7. The Hall–Kier alpha value is -9.11. The average molecular weight is 1240 g/mol. The number of nitrogens with one attached hydrogen (secondary N) is 3. The van der Waals surface area contributed by atoms with Gasteiger partial charge in [-0.1, -0.05) is 48.5 Å². The Kier molecular flexibility index (Phi) is 20.4. The topological polar surface area (TPSA) is 213 Å². The lowest BCUT2D eigenvalue weighted by Crippen LogP contribution is -2.49. The molecule has 3 amide bonds. The van der Waals surface area contributed by atoms with Crippen molar-refractivity contribution in [2.75, 3.05) is 65.7 Å². The number of ether oxygens (including phenoxy) is 5. The molecule has 4 aromatic heterocycles. The van der Waals surface area contributed by atoms with Gasteiger partial charge in [-0.3, -0.25) is 29.1 Å². The molecule has 2 saturated heterocycles. The first kappa shape index (κ1) is 63.5. The van der Waals surface area contributed by atoms with Crippen LogP contribution in [-0.4, -0.2) is 135 Å². The van der Waals surface area contributed by atoms with Crippen molar-refractivity contribution in [2.45, 2.75) is 117 Å². The predicted molar refractivity (Wildman–Crippen MR) is 349 cm³/mol. The van der Waals surface area contributed by atoms with Crippen LogP contribution in [0.5, 0.6) is 23.0 Å². The van der Waals surface area contributed by atoms with Crippen LogP contribution < -0.4 is 46.0 Å². The highest BCUT2D eigenvalue weighted by Crippen LogP contribution is 2.34. The molecule has 20 heteroatoms. The normalized spacial score (nSPS) is 15.4. The minimum Gasteiger partial charge on any atom is -0.486 e. The monoisotopic (exact) mass is 1230 g/mol. The number of hydrogen-bond acceptors (Lipinski definition) is 15. The third kappa shape index (κ3) is 16.5. The van der Waals surface area contributed by atoms with Gasteiger partial charge in [0.25, 0.3) is 22.9 Å². The van der Waals surface area contributed by atoms with Crippen molar-refractivity contribution < 1.29 is 38.1 Å². The highest BCUT2D eigenvalue weighted by molar-refractivity contribution is 6.07. The largest absolute Gasteiger partial charge is 0.486 e. The molecule has 4 aromatic carbocycles. The molecule has 4 aliphatic rings. The highest BCUT2D eigenvalue weighted by Gasteiger charge is 2.32. The van der Waals surface area contributed by atoms with Crippen LogP contribution in [0.4, 0.5) is 4.79 Å². The molecule has 4 aliphatic heterocycles. The Balaban J connectivity index is 0.000000189. The van der Waals surface area contributed by atoms with Gasteiger partial charge in [-0.25, -0.2) is 4.79 Å². The minimum absolute atomic E-state index is 0.00466. The summed E-state index contributed by atoms with van der Waals surface area (Å²) in [4.78, 5) is 81.4. The zero-order valence-corrected chi connectivity index (χ0v) is 52.7. The van der Waals surface area contributed by atoms with Crippen LogP contribution in [0.15, 0.2) is 144 Å². The van der Waals surface area contributed by atoms with Gasteiger partial charge in [0.1, 0.15) is 32.0 Å². The van der Waals surface area contributed by atoms with Crippen LogP contribution in [-0.2, 0) is 44.0 Å². The van der Waals surface area contributed by atoms with E-state index in [0.29, 0.717) is 94.4 Å². The molecule has 0 atom stereocenters. The number of carbonyl (C=O) groups is 3. The lowest BCUT2D eigenvalue weighted by Gasteiger charge is -2.39. The number of carbonyl (C=O) groups excluding carboxylic acids is 3. The maximum absolute atomic E-state index is 13.5. The van der Waals surface area contributed by atoms with E-state index in [-0.39, 0.29) is 35.1 Å². The summed E-state index contributed by atoms with van der Waals surface area (Å²) in [6, 6.07) is 34.6. The molecule has 3 N–H and O–H groups in total. The van der Waals surface area contributed by atoms with Crippen molar-refractivity contribution in [3.05, 3.63) is 199 Å². The molecule has 91 heavy (non-hydrogen) atoms. The first-order valence-corrected chi connectivity index (χ1v) is 31.6. The molecule has 0 radical (unpaired) electrons. The SMILES string of the molecule is Cc1ccc2c(C(=O)NCc3cccnc3)cc(=O)n(CCN3CCC(N(Cc4ccc5c(c4)OCCO5)C(=O)OC(C)(C)C)CC3)c2c1.Cc1ccc2c(C(=O)NCc3cccnc3)cc(=O)n(CCN3CCC(NCc4ccc5c(c4)OCCO5)CC3)c2c1. The molecular formula is C71H82N10O10. The summed E-state index contributed by atoms with van der Waals surface area (Å²) in [7, 11) is 0. The van der Waals surface area contributed by atoms with Crippen molar-refractivity contribution in [2.24, 2.45) is 0 Å². The second-order valence-corrected chi connectivity index (χ2v) is 24.9. The van der Waals surface area contributed by atoms with Crippen LogP contribution in [0.1, 0.15) is 101 Å². The number of benzene rings is 4. The van der Waals surface area contributed by atoms with E-state index in [1.54, 1.807) is 29.4 Å². The molecule has 0 aliphatic carbocycles. The average Bonchev–Trinajstić information content (AvgIpc) is 0.882. The fraction of sp³-hybridized carbons (Fsp3) is 0.394. The van der Waals surface area contributed by atoms with E-state index in [1.165, 1.54) is 17.7 Å². The Morgan fingerprint density at radius 1 is 0.549 bits per heavy atom. The molecule has 2 fully saturated rings. The Morgan fingerprint density at radius 3 is 1.51 bits per heavy atom. The maximum atomic E-state index is 13.5. The van der Waals surface area contributed by atoms with Crippen molar-refractivity contribution in [3.8, 4) is 23.0 Å². The second-order valence-electron chi connectivity index (χ2n) is 24.9. The van der Waals surface area contributed by atoms with Gasteiger partial charge in [0.05, 0.1) is 22.2 Å². The summed E-state index contributed by atoms with van der Waals surface area (Å²) in [5.74, 6) is 2.50. The number of hydrogen-bond donors (Lipinski definition) is 3. The van der Waals surface area contributed by atoms with Gasteiger partial charge in [0.2, 0.25) is 0 Å². The first-order chi connectivity index (χ1) is 44.1. The van der Waals surface area contributed by atoms with E-state index >= 15 is 0 Å². The fourth-order valence-corrected chi connectivity index (χ4v) is 12.2. The molecule has 8 heterocycles. The van der Waals surface area contributed by atoms with Gasteiger partial charge >= 0.3 is 6.09 Å². The number of aryl methyl sites for hydroxylation is 2. The zero-order valence-electron chi connectivity index (χ0n) is 52.7. The van der Waals surface area contributed by atoms with Crippen molar-refractivity contribution in [3.63, 3.8) is 0 Å². The third-order valence-electron chi connectivity index (χ3n) is 17.0. The summed E-state index contributed by atoms with van der Waals surface area (Å²) in [6.07, 6.45) is 10.1. The lowest BCUT2D eigenvalue weighted by molar-refractivity contribution is 0.00560. The van der Waals surface area contributed by atoms with E-state index in [1.807, 2.05) is 129 Å². The Morgan fingerprint density at radius 2 is 1.02 bits per heavy atom. The van der Waals surface area contributed by atoms with Crippen LogP contribution in [0, 0.1) is 13.8 Å². The lowest BCUT2D eigenvalue weighted by atomic mass is 10.0. The molecule has 0 saturated carbocycles. The van der Waals surface area contributed by atoms with E-state index in [0.717, 1.165) is 126 Å². The number of aromatic nitrogens is 4. The minimum atomic E-state index is -0.618. The fourth-order valence-electron chi connectivity index (χ4n) is 12.2. The smallest absolute Gasteiger partial charge is 0.410 e. The quantitative estimate of drug-likeness (QED) is 0.0732. The van der Waals surface area contributed by atoms with Crippen molar-refractivity contribution in [1.29, 1.82) is 0 Å². The number of piperidine rings is 2. The highest BCUT2D eigenvalue weighted by atomic mass is 16.6. The van der Waals surface area contributed by atoms with Gasteiger partial charge < -0.3 is 63.5 Å². The van der Waals surface area contributed by atoms with Gasteiger partial charge in [-0.15, -0.1) is 0 Å². The molecule has 20 nitrogen and oxygen atoms in total. The number of pyridine rings is 4. The van der Waals surface area contributed by atoms with Gasteiger partial charge in [-0.2, -0.15) is 0 Å². The Labute approximate surface area is 530 Å². The molecule has 476 valence electrons. The third-order valence-corrected chi connectivity index (χ3v) is 17.0. The van der Waals surface area contributed by atoms with E-state index < -0.39 is 5.60 Å². The van der Waals surface area contributed by atoms with Gasteiger partial charge in [0, 0.05) is 125 Å². The molecule has 0 unspecified atom stereocenters.